The summed E-state index contributed by atoms with van der Waals surface area (Å²) in [6.45, 7) is 3.93. The molecule has 1 heterocycles. The summed E-state index contributed by atoms with van der Waals surface area (Å²) >= 11 is 0. The van der Waals surface area contributed by atoms with E-state index in [0.717, 1.165) is 19.0 Å². The van der Waals surface area contributed by atoms with E-state index >= 15 is 0 Å². The van der Waals surface area contributed by atoms with Crippen molar-refractivity contribution in [2.75, 3.05) is 13.1 Å². The number of nitrogens with one attached hydrogen (secondary N) is 1. The molecule has 2 N–H and O–H groups in total. The number of β-amino-alcohol motifs (C(OH)–C–C–N with tert-alkyl or cyclic N) is 1. The zero-order valence-electron chi connectivity index (χ0n) is 8.55. The van der Waals surface area contributed by atoms with Crippen LogP contribution in [0.3, 0.4) is 0 Å². The lowest BCUT2D eigenvalue weighted by molar-refractivity contribution is -0.0795. The van der Waals surface area contributed by atoms with Crippen molar-refractivity contribution < 1.29 is 5.11 Å². The van der Waals surface area contributed by atoms with Crippen LogP contribution >= 0.6 is 0 Å². The predicted octanol–water partition coefficient (Wildman–Crippen LogP) is 1.54. The van der Waals surface area contributed by atoms with Crippen LogP contribution in [0.2, 0.25) is 0 Å². The normalized spacial score (nSPS) is 38.3. The van der Waals surface area contributed by atoms with Crippen LogP contribution in [0, 0.1) is 11.8 Å². The van der Waals surface area contributed by atoms with Crippen molar-refractivity contribution in [3.05, 3.63) is 0 Å². The van der Waals surface area contributed by atoms with E-state index in [1.54, 1.807) is 0 Å². The van der Waals surface area contributed by atoms with E-state index in [0.29, 0.717) is 5.92 Å². The van der Waals surface area contributed by atoms with Gasteiger partial charge in [0.15, 0.2) is 0 Å². The lowest BCUT2D eigenvalue weighted by atomic mass is 9.70. The molecule has 1 aliphatic carbocycles. The van der Waals surface area contributed by atoms with Crippen molar-refractivity contribution in [3.63, 3.8) is 0 Å². The van der Waals surface area contributed by atoms with Gasteiger partial charge < -0.3 is 10.4 Å². The number of aliphatic hydroxyl groups is 1. The molecule has 0 aromatic carbocycles. The van der Waals surface area contributed by atoms with Gasteiger partial charge in [-0.2, -0.15) is 0 Å². The molecule has 0 amide bonds. The summed E-state index contributed by atoms with van der Waals surface area (Å²) in [7, 11) is 0. The molecule has 1 aliphatic heterocycles. The van der Waals surface area contributed by atoms with E-state index in [1.165, 1.54) is 32.1 Å². The number of hydrogen-bond donors (Lipinski definition) is 2. The van der Waals surface area contributed by atoms with Gasteiger partial charge in [-0.3, -0.25) is 0 Å². The maximum atomic E-state index is 10.2. The topological polar surface area (TPSA) is 32.3 Å². The molecule has 2 rings (SSSR count). The fourth-order valence-corrected chi connectivity index (χ4v) is 2.82. The first kappa shape index (κ1) is 9.47. The van der Waals surface area contributed by atoms with Crippen molar-refractivity contribution in [2.24, 2.45) is 11.8 Å². The zero-order valence-corrected chi connectivity index (χ0v) is 8.55. The van der Waals surface area contributed by atoms with E-state index in [4.69, 9.17) is 0 Å². The molecule has 2 aliphatic rings. The third-order valence-electron chi connectivity index (χ3n) is 3.98. The number of hydrogen-bond acceptors (Lipinski definition) is 2. The summed E-state index contributed by atoms with van der Waals surface area (Å²) in [6, 6.07) is 0. The third-order valence-corrected chi connectivity index (χ3v) is 3.98. The summed E-state index contributed by atoms with van der Waals surface area (Å²) in [5, 5.41) is 13.4. The molecule has 0 aromatic heterocycles. The third kappa shape index (κ3) is 1.75. The van der Waals surface area contributed by atoms with Crippen LogP contribution < -0.4 is 5.32 Å². The van der Waals surface area contributed by atoms with Gasteiger partial charge in [0.05, 0.1) is 5.60 Å². The van der Waals surface area contributed by atoms with Gasteiger partial charge in [-0.05, 0) is 24.7 Å². The first-order valence-corrected chi connectivity index (χ1v) is 5.67. The standard InChI is InChI=1S/C11H21NO/c1-2-9-4-3-5-10(6-9)11(13)7-12-8-11/h9-10,12-13H,2-8H2,1H3. The lowest BCUT2D eigenvalue weighted by Crippen LogP contribution is -2.64. The van der Waals surface area contributed by atoms with Gasteiger partial charge in [0, 0.05) is 13.1 Å². The quantitative estimate of drug-likeness (QED) is 0.680. The summed E-state index contributed by atoms with van der Waals surface area (Å²) in [6.07, 6.45) is 6.51. The SMILES string of the molecule is CCC1CCCC(C2(O)CNC2)C1. The molecular weight excluding hydrogens is 162 g/mol. The Bertz CT molecular complexity index is 177. The highest BCUT2D eigenvalue weighted by atomic mass is 16.3. The van der Waals surface area contributed by atoms with Gasteiger partial charge >= 0.3 is 0 Å². The first-order chi connectivity index (χ1) is 6.24. The highest BCUT2D eigenvalue weighted by Gasteiger charge is 2.43. The van der Waals surface area contributed by atoms with E-state index < -0.39 is 0 Å². The van der Waals surface area contributed by atoms with E-state index in [1.807, 2.05) is 0 Å². The Morgan fingerprint density at radius 3 is 2.69 bits per heavy atom. The minimum atomic E-state index is -0.339. The fourth-order valence-electron chi connectivity index (χ4n) is 2.82. The predicted molar refractivity (Wildman–Crippen MR) is 53.6 cm³/mol. The zero-order chi connectivity index (χ0) is 9.31. The Hall–Kier alpha value is -0.0800. The summed E-state index contributed by atoms with van der Waals surface area (Å²) < 4.78 is 0. The molecule has 2 atom stereocenters. The molecule has 0 spiro atoms. The van der Waals surface area contributed by atoms with Crippen LogP contribution in [0.15, 0.2) is 0 Å². The van der Waals surface area contributed by atoms with Crippen LogP contribution in [-0.4, -0.2) is 23.8 Å². The van der Waals surface area contributed by atoms with Gasteiger partial charge in [-0.1, -0.05) is 26.2 Å². The maximum absolute atomic E-state index is 10.2. The Labute approximate surface area is 80.7 Å². The van der Waals surface area contributed by atoms with Crippen LogP contribution in [-0.2, 0) is 0 Å². The van der Waals surface area contributed by atoms with Crippen LogP contribution in [0.4, 0.5) is 0 Å². The van der Waals surface area contributed by atoms with Crippen molar-refractivity contribution in [1.29, 1.82) is 0 Å². The van der Waals surface area contributed by atoms with Crippen molar-refractivity contribution in [1.82, 2.24) is 5.32 Å². The van der Waals surface area contributed by atoms with Gasteiger partial charge in [0.1, 0.15) is 0 Å². The molecule has 1 saturated heterocycles. The number of rotatable bonds is 2. The Morgan fingerprint density at radius 2 is 2.15 bits per heavy atom. The fraction of sp³-hybridized carbons (Fsp3) is 1.00. The minimum Gasteiger partial charge on any atom is -0.387 e. The van der Waals surface area contributed by atoms with Gasteiger partial charge in [0.25, 0.3) is 0 Å². The summed E-state index contributed by atoms with van der Waals surface area (Å²) in [4.78, 5) is 0. The minimum absolute atomic E-state index is 0.339. The molecule has 0 bridgehead atoms. The molecule has 13 heavy (non-hydrogen) atoms. The Kier molecular flexibility index (Phi) is 2.61. The van der Waals surface area contributed by atoms with E-state index in [-0.39, 0.29) is 5.60 Å². The summed E-state index contributed by atoms with van der Waals surface area (Å²) in [5.41, 5.74) is -0.339. The van der Waals surface area contributed by atoms with E-state index in [9.17, 15) is 5.11 Å². The largest absolute Gasteiger partial charge is 0.387 e. The van der Waals surface area contributed by atoms with Crippen LogP contribution in [0.1, 0.15) is 39.0 Å². The highest BCUT2D eigenvalue weighted by molar-refractivity contribution is 4.99. The molecule has 2 fully saturated rings. The molecule has 2 nitrogen and oxygen atoms in total. The van der Waals surface area contributed by atoms with Crippen molar-refractivity contribution in [3.8, 4) is 0 Å². The van der Waals surface area contributed by atoms with Crippen molar-refractivity contribution >= 4 is 0 Å². The van der Waals surface area contributed by atoms with Crippen molar-refractivity contribution in [2.45, 2.75) is 44.6 Å². The van der Waals surface area contributed by atoms with Crippen LogP contribution in [0.5, 0.6) is 0 Å². The smallest absolute Gasteiger partial charge is 0.0923 e. The molecule has 1 saturated carbocycles. The molecule has 0 aromatic rings. The van der Waals surface area contributed by atoms with Gasteiger partial charge in [-0.15, -0.1) is 0 Å². The van der Waals surface area contributed by atoms with Gasteiger partial charge in [0.2, 0.25) is 0 Å². The molecular formula is C11H21NO. The second kappa shape index (κ2) is 3.58. The Morgan fingerprint density at radius 1 is 1.38 bits per heavy atom. The first-order valence-electron chi connectivity index (χ1n) is 5.67. The van der Waals surface area contributed by atoms with Gasteiger partial charge in [-0.25, -0.2) is 0 Å². The highest BCUT2D eigenvalue weighted by Crippen LogP contribution is 2.38. The Balaban J connectivity index is 1.91. The van der Waals surface area contributed by atoms with E-state index in [2.05, 4.69) is 12.2 Å². The molecule has 76 valence electrons. The maximum Gasteiger partial charge on any atom is 0.0923 e. The lowest BCUT2D eigenvalue weighted by Gasteiger charge is -2.47. The average Bonchev–Trinajstić information content (AvgIpc) is 2.14. The monoisotopic (exact) mass is 183 g/mol. The second-order valence-corrected chi connectivity index (χ2v) is 4.84. The average molecular weight is 183 g/mol. The van der Waals surface area contributed by atoms with Crippen LogP contribution in [0.25, 0.3) is 0 Å². The second-order valence-electron chi connectivity index (χ2n) is 4.84. The molecule has 2 unspecified atom stereocenters. The molecule has 2 heteroatoms. The molecule has 0 radical (unpaired) electrons. The summed E-state index contributed by atoms with van der Waals surface area (Å²) in [5.74, 6) is 1.45.